The van der Waals surface area contributed by atoms with Crippen LogP contribution in [0, 0.1) is 0 Å². The van der Waals surface area contributed by atoms with Gasteiger partial charge in [0.2, 0.25) is 11.8 Å². The van der Waals surface area contributed by atoms with Crippen molar-refractivity contribution in [2.45, 2.75) is 6.42 Å². The van der Waals surface area contributed by atoms with Crippen LogP contribution in [0.2, 0.25) is 0 Å². The lowest BCUT2D eigenvalue weighted by molar-refractivity contribution is -0.126. The minimum absolute atomic E-state index is 0.0344. The number of carbonyl (C=O) groups is 3. The van der Waals surface area contributed by atoms with E-state index < -0.39 is 0 Å². The summed E-state index contributed by atoms with van der Waals surface area (Å²) in [4.78, 5) is 31.7. The highest BCUT2D eigenvalue weighted by molar-refractivity contribution is 7.97. The van der Waals surface area contributed by atoms with Crippen molar-refractivity contribution < 1.29 is 14.4 Å². The van der Waals surface area contributed by atoms with E-state index in [4.69, 9.17) is 5.14 Å². The number of carbonyl (C=O) groups excluding carboxylic acids is 3. The van der Waals surface area contributed by atoms with Gasteiger partial charge in [0.15, 0.2) is 0 Å². The second-order valence-corrected chi connectivity index (χ2v) is 3.11. The Morgan fingerprint density at radius 2 is 2.00 bits per heavy atom. The summed E-state index contributed by atoms with van der Waals surface area (Å²) >= 11 is 1.07. The summed E-state index contributed by atoms with van der Waals surface area (Å²) in [6.45, 7) is -0.144. The first kappa shape index (κ1) is 12.9. The van der Waals surface area contributed by atoms with Crippen LogP contribution in [0.15, 0.2) is 0 Å². The van der Waals surface area contributed by atoms with E-state index in [1.807, 2.05) is 0 Å². The minimum Gasteiger partial charge on any atom is -0.348 e. The van der Waals surface area contributed by atoms with E-state index >= 15 is 0 Å². The molecule has 0 aliphatic carbocycles. The van der Waals surface area contributed by atoms with Crippen LogP contribution in [0.1, 0.15) is 6.42 Å². The molecule has 80 valence electrons. The molecule has 0 unspecified atom stereocenters. The first-order chi connectivity index (χ1) is 6.70. The SMILES string of the molecule is NSCCC(=O)NCC(=O)NCC=O. The van der Waals surface area contributed by atoms with Crippen molar-refractivity contribution in [2.24, 2.45) is 5.14 Å². The molecule has 14 heavy (non-hydrogen) atoms. The third-order valence-corrected chi connectivity index (χ3v) is 1.72. The molecule has 0 aliphatic rings. The molecule has 0 heterocycles. The maximum Gasteiger partial charge on any atom is 0.239 e. The van der Waals surface area contributed by atoms with Crippen LogP contribution in [0.3, 0.4) is 0 Å². The Hall–Kier alpha value is -1.08. The molecule has 2 amide bonds. The Morgan fingerprint density at radius 1 is 1.29 bits per heavy atom. The van der Waals surface area contributed by atoms with Crippen LogP contribution in [0.25, 0.3) is 0 Å². The largest absolute Gasteiger partial charge is 0.348 e. The molecule has 0 spiro atoms. The normalized spacial score (nSPS) is 9.21. The fourth-order valence-electron chi connectivity index (χ4n) is 0.637. The summed E-state index contributed by atoms with van der Waals surface area (Å²) in [6, 6.07) is 0. The topological polar surface area (TPSA) is 101 Å². The average Bonchev–Trinajstić information content (AvgIpc) is 2.20. The van der Waals surface area contributed by atoms with Gasteiger partial charge in [0.05, 0.1) is 13.1 Å². The molecule has 0 bridgehead atoms. The van der Waals surface area contributed by atoms with Crippen molar-refractivity contribution >= 4 is 30.0 Å². The summed E-state index contributed by atoms with van der Waals surface area (Å²) in [6.07, 6.45) is 0.854. The Bertz CT molecular complexity index is 210. The first-order valence-corrected chi connectivity index (χ1v) is 5.04. The molecule has 0 aromatic carbocycles. The minimum atomic E-state index is -0.383. The quantitative estimate of drug-likeness (QED) is 0.354. The fraction of sp³-hybridized carbons (Fsp3) is 0.571. The fourth-order valence-corrected chi connectivity index (χ4v) is 0.940. The lowest BCUT2D eigenvalue weighted by Crippen LogP contribution is -2.37. The molecule has 0 atom stereocenters. The summed E-state index contributed by atoms with van der Waals surface area (Å²) < 4.78 is 0. The van der Waals surface area contributed by atoms with Crippen molar-refractivity contribution in [3.63, 3.8) is 0 Å². The van der Waals surface area contributed by atoms with Crippen LogP contribution < -0.4 is 15.8 Å². The highest BCUT2D eigenvalue weighted by Crippen LogP contribution is 1.89. The maximum atomic E-state index is 11.0. The standard InChI is InChI=1S/C7H13N3O3S/c8-14-4-1-6(12)10-5-7(13)9-2-3-11/h3H,1-2,4-5,8H2,(H,9,13)(H,10,12). The van der Waals surface area contributed by atoms with E-state index in [2.05, 4.69) is 10.6 Å². The van der Waals surface area contributed by atoms with Crippen LogP contribution >= 0.6 is 11.9 Å². The van der Waals surface area contributed by atoms with E-state index in [1.54, 1.807) is 0 Å². The number of nitrogens with two attached hydrogens (primary N) is 1. The van der Waals surface area contributed by atoms with Gasteiger partial charge < -0.3 is 15.4 Å². The van der Waals surface area contributed by atoms with Crippen molar-refractivity contribution in [1.82, 2.24) is 10.6 Å². The highest BCUT2D eigenvalue weighted by Gasteiger charge is 2.03. The van der Waals surface area contributed by atoms with E-state index in [-0.39, 0.29) is 31.3 Å². The second-order valence-electron chi connectivity index (χ2n) is 2.37. The molecule has 7 heteroatoms. The van der Waals surface area contributed by atoms with Crippen LogP contribution in [-0.4, -0.2) is 36.9 Å². The van der Waals surface area contributed by atoms with Gasteiger partial charge >= 0.3 is 0 Å². The zero-order chi connectivity index (χ0) is 10.8. The molecule has 0 aromatic rings. The first-order valence-electron chi connectivity index (χ1n) is 3.99. The molecular formula is C7H13N3O3S. The van der Waals surface area contributed by atoms with Gasteiger partial charge in [0.1, 0.15) is 6.29 Å². The molecule has 0 saturated heterocycles. The monoisotopic (exact) mass is 219 g/mol. The van der Waals surface area contributed by atoms with Crippen molar-refractivity contribution in [2.75, 3.05) is 18.8 Å². The average molecular weight is 219 g/mol. The van der Waals surface area contributed by atoms with Crippen molar-refractivity contribution in [3.8, 4) is 0 Å². The second kappa shape index (κ2) is 8.52. The number of aldehydes is 1. The number of amides is 2. The van der Waals surface area contributed by atoms with Gasteiger partial charge in [-0.2, -0.15) is 0 Å². The smallest absolute Gasteiger partial charge is 0.239 e. The highest BCUT2D eigenvalue weighted by atomic mass is 32.2. The Balaban J connectivity index is 3.45. The lowest BCUT2D eigenvalue weighted by Gasteiger charge is -2.03. The zero-order valence-corrected chi connectivity index (χ0v) is 8.43. The van der Waals surface area contributed by atoms with Gasteiger partial charge in [-0.05, 0) is 0 Å². The zero-order valence-electron chi connectivity index (χ0n) is 7.62. The molecule has 0 aromatic heterocycles. The van der Waals surface area contributed by atoms with E-state index in [0.717, 1.165) is 11.9 Å². The Morgan fingerprint density at radius 3 is 2.57 bits per heavy atom. The van der Waals surface area contributed by atoms with E-state index in [1.165, 1.54) is 0 Å². The number of rotatable bonds is 7. The number of nitrogens with one attached hydrogen (secondary N) is 2. The summed E-state index contributed by atoms with van der Waals surface area (Å²) in [7, 11) is 0. The predicted molar refractivity (Wildman–Crippen MR) is 53.3 cm³/mol. The summed E-state index contributed by atoms with van der Waals surface area (Å²) in [5.74, 6) is -0.100. The maximum absolute atomic E-state index is 11.0. The van der Waals surface area contributed by atoms with Gasteiger partial charge in [0.25, 0.3) is 0 Å². The predicted octanol–water partition coefficient (Wildman–Crippen LogP) is -1.59. The van der Waals surface area contributed by atoms with E-state index in [9.17, 15) is 14.4 Å². The molecule has 6 nitrogen and oxygen atoms in total. The van der Waals surface area contributed by atoms with Gasteiger partial charge in [-0.3, -0.25) is 14.7 Å². The van der Waals surface area contributed by atoms with Crippen LogP contribution in [-0.2, 0) is 14.4 Å². The Labute approximate surface area is 86.1 Å². The molecule has 0 radical (unpaired) electrons. The van der Waals surface area contributed by atoms with Crippen molar-refractivity contribution in [3.05, 3.63) is 0 Å². The molecular weight excluding hydrogens is 206 g/mol. The molecule has 0 rings (SSSR count). The summed E-state index contributed by atoms with van der Waals surface area (Å²) in [5.41, 5.74) is 0. The molecule has 0 aliphatic heterocycles. The van der Waals surface area contributed by atoms with Gasteiger partial charge in [-0.1, -0.05) is 11.9 Å². The van der Waals surface area contributed by atoms with Crippen molar-refractivity contribution in [1.29, 1.82) is 0 Å². The molecule has 0 saturated carbocycles. The molecule has 4 N–H and O–H groups in total. The van der Waals surface area contributed by atoms with Gasteiger partial charge in [0, 0.05) is 12.2 Å². The van der Waals surface area contributed by atoms with Crippen LogP contribution in [0.5, 0.6) is 0 Å². The Kier molecular flexibility index (Phi) is 7.86. The third-order valence-electron chi connectivity index (χ3n) is 1.28. The van der Waals surface area contributed by atoms with Gasteiger partial charge in [-0.25, -0.2) is 0 Å². The third kappa shape index (κ3) is 7.56. The van der Waals surface area contributed by atoms with Crippen LogP contribution in [0.4, 0.5) is 0 Å². The van der Waals surface area contributed by atoms with Gasteiger partial charge in [-0.15, -0.1) is 0 Å². The number of hydrogen-bond donors (Lipinski definition) is 3. The lowest BCUT2D eigenvalue weighted by atomic mass is 10.4. The van der Waals surface area contributed by atoms with E-state index in [0.29, 0.717) is 12.0 Å². The summed E-state index contributed by atoms with van der Waals surface area (Å²) in [5, 5.41) is 9.80. The number of hydrogen-bond acceptors (Lipinski definition) is 5. The molecule has 0 fully saturated rings.